The Kier molecular flexibility index (Phi) is 24.3. The van der Waals surface area contributed by atoms with Crippen LogP contribution in [0, 0.1) is 0 Å². The SMILES string of the molecule is CCCCCCCCCCCCCCOc1cc(OCCCCCCCCCCCCCC)cc(C(C)=O)c1. The Hall–Kier alpha value is -1.51. The summed E-state index contributed by atoms with van der Waals surface area (Å²) in [5.74, 6) is 1.58. The minimum Gasteiger partial charge on any atom is -0.493 e. The normalized spacial score (nSPS) is 11.2. The zero-order chi connectivity index (χ0) is 28.2. The predicted octanol–water partition coefficient (Wildman–Crippen LogP) is 12.0. The van der Waals surface area contributed by atoms with E-state index in [0.29, 0.717) is 18.8 Å². The molecule has 0 saturated heterocycles. The van der Waals surface area contributed by atoms with Crippen LogP contribution in [0.25, 0.3) is 0 Å². The first-order valence-electron chi connectivity index (χ1n) is 17.1. The molecule has 0 spiro atoms. The summed E-state index contributed by atoms with van der Waals surface area (Å²) in [6.45, 7) is 7.58. The second-order valence-electron chi connectivity index (χ2n) is 11.7. The van der Waals surface area contributed by atoms with Crippen LogP contribution in [0.1, 0.15) is 185 Å². The highest BCUT2D eigenvalue weighted by molar-refractivity contribution is 5.94. The van der Waals surface area contributed by atoms with Crippen LogP contribution in [0.4, 0.5) is 0 Å². The molecule has 0 amide bonds. The van der Waals surface area contributed by atoms with Gasteiger partial charge in [0.25, 0.3) is 0 Å². The lowest BCUT2D eigenvalue weighted by Crippen LogP contribution is -2.02. The summed E-state index contributed by atoms with van der Waals surface area (Å²) in [5.41, 5.74) is 0.673. The van der Waals surface area contributed by atoms with Gasteiger partial charge in [0.2, 0.25) is 0 Å². The number of Topliss-reactive ketones (excluding diaryl/α,β-unsaturated/α-hetero) is 1. The largest absolute Gasteiger partial charge is 0.493 e. The number of benzene rings is 1. The van der Waals surface area contributed by atoms with Crippen molar-refractivity contribution in [3.8, 4) is 11.5 Å². The molecule has 3 nitrogen and oxygen atoms in total. The molecule has 0 unspecified atom stereocenters. The van der Waals surface area contributed by atoms with Gasteiger partial charge in [0, 0.05) is 11.6 Å². The van der Waals surface area contributed by atoms with E-state index in [9.17, 15) is 4.79 Å². The fourth-order valence-electron chi connectivity index (χ4n) is 5.21. The molecule has 226 valence electrons. The van der Waals surface area contributed by atoms with Gasteiger partial charge in [-0.25, -0.2) is 0 Å². The Morgan fingerprint density at radius 2 is 0.744 bits per heavy atom. The molecule has 0 saturated carbocycles. The van der Waals surface area contributed by atoms with Crippen molar-refractivity contribution in [2.45, 2.75) is 175 Å². The quantitative estimate of drug-likeness (QED) is 0.0743. The molecule has 0 N–H and O–H groups in total. The van der Waals surface area contributed by atoms with Gasteiger partial charge in [-0.2, -0.15) is 0 Å². The van der Waals surface area contributed by atoms with Gasteiger partial charge in [0.1, 0.15) is 11.5 Å². The topological polar surface area (TPSA) is 35.5 Å². The number of ketones is 1. The first-order valence-corrected chi connectivity index (χ1v) is 17.1. The molecule has 39 heavy (non-hydrogen) atoms. The van der Waals surface area contributed by atoms with Gasteiger partial charge in [-0.3, -0.25) is 4.79 Å². The average molecular weight is 545 g/mol. The number of unbranched alkanes of at least 4 members (excludes halogenated alkanes) is 22. The predicted molar refractivity (Wildman–Crippen MR) is 170 cm³/mol. The average Bonchev–Trinajstić information content (AvgIpc) is 2.93. The van der Waals surface area contributed by atoms with Crippen LogP contribution in [-0.4, -0.2) is 19.0 Å². The highest BCUT2D eigenvalue weighted by Gasteiger charge is 2.07. The maximum atomic E-state index is 12.0. The van der Waals surface area contributed by atoms with Gasteiger partial charge in [0.05, 0.1) is 13.2 Å². The molecule has 0 heterocycles. The van der Waals surface area contributed by atoms with E-state index in [4.69, 9.17) is 9.47 Å². The molecule has 0 aliphatic heterocycles. The summed E-state index contributed by atoms with van der Waals surface area (Å²) in [7, 11) is 0. The number of rotatable bonds is 29. The second kappa shape index (κ2) is 26.7. The van der Waals surface area contributed by atoms with Crippen molar-refractivity contribution in [1.82, 2.24) is 0 Å². The van der Waals surface area contributed by atoms with Crippen LogP contribution >= 0.6 is 0 Å². The van der Waals surface area contributed by atoms with E-state index in [1.54, 1.807) is 6.92 Å². The van der Waals surface area contributed by atoms with Gasteiger partial charge in [-0.1, -0.05) is 155 Å². The Labute approximate surface area is 243 Å². The maximum absolute atomic E-state index is 12.0. The minimum atomic E-state index is 0.0565. The summed E-state index contributed by atoms with van der Waals surface area (Å²) in [6.07, 6.45) is 32.1. The van der Waals surface area contributed by atoms with Crippen LogP contribution in [0.15, 0.2) is 18.2 Å². The molecule has 3 heteroatoms. The molecule has 0 aromatic heterocycles. The molecule has 0 atom stereocenters. The van der Waals surface area contributed by atoms with Crippen molar-refractivity contribution in [1.29, 1.82) is 0 Å². The van der Waals surface area contributed by atoms with Crippen LogP contribution in [-0.2, 0) is 0 Å². The first kappa shape index (κ1) is 35.5. The van der Waals surface area contributed by atoms with Crippen molar-refractivity contribution in [2.24, 2.45) is 0 Å². The first-order chi connectivity index (χ1) is 19.2. The lowest BCUT2D eigenvalue weighted by atomic mass is 10.1. The fourth-order valence-corrected chi connectivity index (χ4v) is 5.21. The Morgan fingerprint density at radius 3 is 1.03 bits per heavy atom. The summed E-state index contributed by atoms with van der Waals surface area (Å²) >= 11 is 0. The Morgan fingerprint density at radius 1 is 0.462 bits per heavy atom. The number of hydrogen-bond acceptors (Lipinski definition) is 3. The van der Waals surface area contributed by atoms with Crippen molar-refractivity contribution >= 4 is 5.78 Å². The third kappa shape index (κ3) is 21.9. The lowest BCUT2D eigenvalue weighted by molar-refractivity contribution is 0.101. The third-order valence-corrected chi connectivity index (χ3v) is 7.82. The minimum absolute atomic E-state index is 0.0565. The molecular weight excluding hydrogens is 480 g/mol. The number of carbonyl (C=O) groups excluding carboxylic acids is 1. The Balaban J connectivity index is 2.11. The van der Waals surface area contributed by atoms with Crippen LogP contribution < -0.4 is 9.47 Å². The standard InChI is InChI=1S/C36H64O3/c1-4-6-8-10-12-14-16-18-20-22-24-26-28-38-35-30-34(33(3)37)31-36(32-35)39-29-27-25-23-21-19-17-15-13-11-9-7-5-2/h30-32H,4-29H2,1-3H3. The monoisotopic (exact) mass is 544 g/mol. The zero-order valence-electron chi connectivity index (χ0n) is 26.3. The van der Waals surface area contributed by atoms with Gasteiger partial charge in [-0.15, -0.1) is 0 Å². The van der Waals surface area contributed by atoms with E-state index in [1.807, 2.05) is 18.2 Å². The summed E-state index contributed by atoms with van der Waals surface area (Å²) < 4.78 is 12.0. The molecule has 1 aromatic rings. The highest BCUT2D eigenvalue weighted by Crippen LogP contribution is 2.24. The zero-order valence-corrected chi connectivity index (χ0v) is 26.3. The molecule has 1 aromatic carbocycles. The van der Waals surface area contributed by atoms with Crippen molar-refractivity contribution < 1.29 is 14.3 Å². The fraction of sp³-hybridized carbons (Fsp3) is 0.806. The molecule has 0 bridgehead atoms. The van der Waals surface area contributed by atoms with Crippen molar-refractivity contribution in [2.75, 3.05) is 13.2 Å². The number of ether oxygens (including phenoxy) is 2. The lowest BCUT2D eigenvalue weighted by Gasteiger charge is -2.12. The van der Waals surface area contributed by atoms with Crippen molar-refractivity contribution in [3.05, 3.63) is 23.8 Å². The van der Waals surface area contributed by atoms with Crippen molar-refractivity contribution in [3.63, 3.8) is 0 Å². The van der Waals surface area contributed by atoms with E-state index in [2.05, 4.69) is 13.8 Å². The van der Waals surface area contributed by atoms with E-state index in [-0.39, 0.29) is 5.78 Å². The maximum Gasteiger partial charge on any atom is 0.160 e. The molecule has 0 fully saturated rings. The van der Waals surface area contributed by atoms with Gasteiger partial charge < -0.3 is 9.47 Å². The third-order valence-electron chi connectivity index (χ3n) is 7.82. The molecular formula is C36H64O3. The van der Waals surface area contributed by atoms with E-state index < -0.39 is 0 Å². The van der Waals surface area contributed by atoms with Gasteiger partial charge in [0.15, 0.2) is 5.78 Å². The van der Waals surface area contributed by atoms with Gasteiger partial charge in [-0.05, 0) is 31.9 Å². The van der Waals surface area contributed by atoms with Crippen LogP contribution in [0.3, 0.4) is 0 Å². The van der Waals surface area contributed by atoms with Crippen LogP contribution in [0.5, 0.6) is 11.5 Å². The Bertz CT molecular complexity index is 636. The van der Waals surface area contributed by atoms with Gasteiger partial charge >= 0.3 is 0 Å². The summed E-state index contributed by atoms with van der Waals surface area (Å²) in [5, 5.41) is 0. The molecule has 0 aliphatic rings. The van der Waals surface area contributed by atoms with E-state index in [1.165, 1.54) is 141 Å². The number of carbonyl (C=O) groups is 1. The van der Waals surface area contributed by atoms with E-state index >= 15 is 0 Å². The molecule has 0 radical (unpaired) electrons. The second-order valence-corrected chi connectivity index (χ2v) is 11.7. The molecule has 1 rings (SSSR count). The van der Waals surface area contributed by atoms with E-state index in [0.717, 1.165) is 24.3 Å². The number of hydrogen-bond donors (Lipinski definition) is 0. The molecule has 0 aliphatic carbocycles. The van der Waals surface area contributed by atoms with Crippen LogP contribution in [0.2, 0.25) is 0 Å². The highest BCUT2D eigenvalue weighted by atomic mass is 16.5. The smallest absolute Gasteiger partial charge is 0.160 e. The summed E-state index contributed by atoms with van der Waals surface area (Å²) in [6, 6.07) is 5.67. The summed E-state index contributed by atoms with van der Waals surface area (Å²) in [4.78, 5) is 12.0.